The van der Waals surface area contributed by atoms with E-state index in [9.17, 15) is 5.11 Å². The molecule has 1 aliphatic carbocycles. The Morgan fingerprint density at radius 3 is 2.88 bits per heavy atom. The van der Waals surface area contributed by atoms with Crippen molar-refractivity contribution in [3.05, 3.63) is 65.2 Å². The van der Waals surface area contributed by atoms with Crippen molar-refractivity contribution in [2.24, 2.45) is 0 Å². The number of nitrogens with zero attached hydrogens (tertiary/aromatic N) is 2. The molecule has 0 bridgehead atoms. The second-order valence-corrected chi connectivity index (χ2v) is 7.01. The fourth-order valence-corrected chi connectivity index (χ4v) is 3.88. The predicted molar refractivity (Wildman–Crippen MR) is 99.9 cm³/mol. The molecule has 3 rings (SSSR count). The summed E-state index contributed by atoms with van der Waals surface area (Å²) in [6, 6.07) is 10.5. The van der Waals surface area contributed by atoms with Gasteiger partial charge in [0.1, 0.15) is 6.33 Å². The van der Waals surface area contributed by atoms with Gasteiger partial charge < -0.3 is 10.4 Å². The molecule has 0 fully saturated rings. The first-order valence-corrected chi connectivity index (χ1v) is 9.39. The van der Waals surface area contributed by atoms with Crippen LogP contribution in [0.25, 0.3) is 5.57 Å². The maximum Gasteiger partial charge on any atom is 0.116 e. The third-order valence-corrected chi connectivity index (χ3v) is 5.43. The molecule has 1 aromatic carbocycles. The zero-order valence-electron chi connectivity index (χ0n) is 13.9. The first-order chi connectivity index (χ1) is 11.8. The van der Waals surface area contributed by atoms with Gasteiger partial charge in [-0.1, -0.05) is 36.4 Å². The van der Waals surface area contributed by atoms with Crippen LogP contribution in [0.4, 0.5) is 0 Å². The molecule has 0 radical (unpaired) electrons. The van der Waals surface area contributed by atoms with Crippen LogP contribution in [0.2, 0.25) is 0 Å². The highest BCUT2D eigenvalue weighted by molar-refractivity contribution is 7.98. The Labute approximate surface area is 147 Å². The Bertz CT molecular complexity index is 703. The fraction of sp³-hybridized carbons (Fsp3) is 0.368. The molecule has 4 nitrogen and oxygen atoms in total. The number of aromatic nitrogens is 2. The molecule has 1 atom stereocenters. The third kappa shape index (κ3) is 4.23. The summed E-state index contributed by atoms with van der Waals surface area (Å²) in [6.07, 6.45) is 4.75. The van der Waals surface area contributed by atoms with Crippen molar-refractivity contribution in [2.75, 3.05) is 18.9 Å². The van der Waals surface area contributed by atoms with E-state index in [0.29, 0.717) is 0 Å². The van der Waals surface area contributed by atoms with Crippen molar-refractivity contribution >= 4 is 17.3 Å². The van der Waals surface area contributed by atoms with Crippen molar-refractivity contribution in [3.63, 3.8) is 0 Å². The standard InChI is InChI=1S/C19H23N3OS/c1-14-18-8-7-16(19(18)22-13-21-14)9-20-17(10-23)12-24-11-15-5-3-2-4-6-15/h2-7,13,17,20,23H,8-12H2,1H3/t17-/m1/s1. The maximum absolute atomic E-state index is 9.62. The van der Waals surface area contributed by atoms with Crippen molar-refractivity contribution < 1.29 is 5.11 Å². The van der Waals surface area contributed by atoms with Crippen LogP contribution >= 0.6 is 11.8 Å². The minimum Gasteiger partial charge on any atom is -0.395 e. The molecule has 2 aromatic rings. The smallest absolute Gasteiger partial charge is 0.116 e. The number of hydrogen-bond donors (Lipinski definition) is 2. The van der Waals surface area contributed by atoms with Gasteiger partial charge in [-0.25, -0.2) is 9.97 Å². The zero-order chi connectivity index (χ0) is 16.8. The highest BCUT2D eigenvalue weighted by Crippen LogP contribution is 2.26. The second kappa shape index (κ2) is 8.42. The van der Waals surface area contributed by atoms with Gasteiger partial charge in [-0.2, -0.15) is 11.8 Å². The van der Waals surface area contributed by atoms with E-state index in [-0.39, 0.29) is 12.6 Å². The van der Waals surface area contributed by atoms with Crippen LogP contribution < -0.4 is 5.32 Å². The lowest BCUT2D eigenvalue weighted by atomic mass is 10.1. The van der Waals surface area contributed by atoms with Gasteiger partial charge in [-0.15, -0.1) is 0 Å². The van der Waals surface area contributed by atoms with E-state index in [2.05, 4.69) is 45.6 Å². The molecule has 2 N–H and O–H groups in total. The van der Waals surface area contributed by atoms with Gasteiger partial charge in [0.05, 0.1) is 12.3 Å². The third-order valence-electron chi connectivity index (χ3n) is 4.25. The monoisotopic (exact) mass is 341 g/mol. The molecule has 1 aliphatic rings. The lowest BCUT2D eigenvalue weighted by molar-refractivity contribution is 0.257. The average molecular weight is 341 g/mol. The fourth-order valence-electron chi connectivity index (χ4n) is 2.82. The molecule has 5 heteroatoms. The minimum absolute atomic E-state index is 0.0894. The Morgan fingerprint density at radius 1 is 1.25 bits per heavy atom. The van der Waals surface area contributed by atoms with Crippen LogP contribution in [0.1, 0.15) is 22.5 Å². The SMILES string of the molecule is Cc1ncnc2c1CC=C2CN[C@H](CO)CSCc1ccccc1. The lowest BCUT2D eigenvalue weighted by Gasteiger charge is -2.17. The molecule has 1 aromatic heterocycles. The van der Waals surface area contributed by atoms with Crippen LogP contribution in [0.3, 0.4) is 0 Å². The number of benzene rings is 1. The van der Waals surface area contributed by atoms with E-state index in [4.69, 9.17) is 0 Å². The van der Waals surface area contributed by atoms with Crippen LogP contribution in [0.5, 0.6) is 0 Å². The Hall–Kier alpha value is -1.69. The highest BCUT2D eigenvalue weighted by atomic mass is 32.2. The van der Waals surface area contributed by atoms with E-state index in [1.165, 1.54) is 16.7 Å². The summed E-state index contributed by atoms with van der Waals surface area (Å²) in [7, 11) is 0. The Balaban J connectivity index is 1.48. The summed E-state index contributed by atoms with van der Waals surface area (Å²) in [5.41, 5.74) is 5.88. The van der Waals surface area contributed by atoms with Crippen molar-refractivity contribution in [1.82, 2.24) is 15.3 Å². The number of fused-ring (bicyclic) bond motifs is 1. The summed E-state index contributed by atoms with van der Waals surface area (Å²) >= 11 is 1.84. The predicted octanol–water partition coefficient (Wildman–Crippen LogP) is 2.61. The van der Waals surface area contributed by atoms with Crippen LogP contribution in [0.15, 0.2) is 42.7 Å². The molecule has 126 valence electrons. The van der Waals surface area contributed by atoms with Crippen LogP contribution in [-0.2, 0) is 12.2 Å². The largest absolute Gasteiger partial charge is 0.395 e. The number of nitrogens with one attached hydrogen (secondary N) is 1. The van der Waals surface area contributed by atoms with Gasteiger partial charge in [0, 0.05) is 35.3 Å². The molecule has 0 saturated heterocycles. The summed E-state index contributed by atoms with van der Waals surface area (Å²) in [6.45, 7) is 2.91. The molecular weight excluding hydrogens is 318 g/mol. The van der Waals surface area contributed by atoms with E-state index in [1.54, 1.807) is 6.33 Å². The Morgan fingerprint density at radius 2 is 2.08 bits per heavy atom. The molecule has 24 heavy (non-hydrogen) atoms. The van der Waals surface area contributed by atoms with Gasteiger partial charge >= 0.3 is 0 Å². The van der Waals surface area contributed by atoms with E-state index >= 15 is 0 Å². The lowest BCUT2D eigenvalue weighted by Crippen LogP contribution is -2.35. The minimum atomic E-state index is 0.0894. The first-order valence-electron chi connectivity index (χ1n) is 8.23. The number of thioether (sulfide) groups is 1. The first kappa shape index (κ1) is 17.1. The molecule has 0 saturated carbocycles. The van der Waals surface area contributed by atoms with Gasteiger partial charge in [0.2, 0.25) is 0 Å². The molecule has 0 spiro atoms. The Kier molecular flexibility index (Phi) is 6.01. The summed E-state index contributed by atoms with van der Waals surface area (Å²) < 4.78 is 0. The quantitative estimate of drug-likeness (QED) is 0.773. The van der Waals surface area contributed by atoms with Crippen molar-refractivity contribution in [2.45, 2.75) is 25.1 Å². The molecule has 0 amide bonds. The highest BCUT2D eigenvalue weighted by Gasteiger charge is 2.18. The van der Waals surface area contributed by atoms with Gasteiger partial charge in [-0.3, -0.25) is 0 Å². The molecule has 1 heterocycles. The van der Waals surface area contributed by atoms with Gasteiger partial charge in [0.25, 0.3) is 0 Å². The molecule has 0 unspecified atom stereocenters. The van der Waals surface area contributed by atoms with Crippen LogP contribution in [0, 0.1) is 6.92 Å². The maximum atomic E-state index is 9.62. The number of hydrogen-bond acceptors (Lipinski definition) is 5. The number of rotatable bonds is 8. The zero-order valence-corrected chi connectivity index (χ0v) is 14.7. The van der Waals surface area contributed by atoms with Crippen molar-refractivity contribution in [3.8, 4) is 0 Å². The van der Waals surface area contributed by atoms with E-state index in [1.807, 2.05) is 24.8 Å². The number of aliphatic hydroxyl groups is 1. The van der Waals surface area contributed by atoms with E-state index < -0.39 is 0 Å². The summed E-state index contributed by atoms with van der Waals surface area (Å²) in [5, 5.41) is 13.1. The summed E-state index contributed by atoms with van der Waals surface area (Å²) in [4.78, 5) is 8.68. The number of allylic oxidation sites excluding steroid dienone is 1. The van der Waals surface area contributed by atoms with Crippen LogP contribution in [-0.4, -0.2) is 40.0 Å². The van der Waals surface area contributed by atoms with Crippen molar-refractivity contribution in [1.29, 1.82) is 0 Å². The number of aryl methyl sites for hydroxylation is 1. The number of aliphatic hydroxyl groups excluding tert-OH is 1. The van der Waals surface area contributed by atoms with Gasteiger partial charge in [-0.05, 0) is 24.5 Å². The van der Waals surface area contributed by atoms with E-state index in [0.717, 1.165) is 35.9 Å². The summed E-state index contributed by atoms with van der Waals surface area (Å²) in [5.74, 6) is 1.85. The molecule has 0 aliphatic heterocycles. The normalized spacial score (nSPS) is 14.3. The van der Waals surface area contributed by atoms with Gasteiger partial charge in [0.15, 0.2) is 0 Å². The average Bonchev–Trinajstić information content (AvgIpc) is 3.03. The molecular formula is C19H23N3OS. The second-order valence-electron chi connectivity index (χ2n) is 5.98. The topological polar surface area (TPSA) is 58.0 Å².